The molecule has 0 heterocycles. The Kier molecular flexibility index (Phi) is 5.22. The molecule has 0 radical (unpaired) electrons. The molecule has 0 aromatic rings. The van der Waals surface area contributed by atoms with Gasteiger partial charge in [-0.05, 0) is 26.7 Å². The molecule has 0 spiro atoms. The highest BCUT2D eigenvalue weighted by molar-refractivity contribution is 5.04. The lowest BCUT2D eigenvalue weighted by molar-refractivity contribution is -0.127. The van der Waals surface area contributed by atoms with Gasteiger partial charge in [-0.25, -0.2) is 0 Å². The van der Waals surface area contributed by atoms with Crippen LogP contribution < -0.4 is 5.32 Å². The van der Waals surface area contributed by atoms with Crippen molar-refractivity contribution < 1.29 is 9.47 Å². The topological polar surface area (TPSA) is 30.5 Å². The number of hydrogen-bond acceptors (Lipinski definition) is 3. The quantitative estimate of drug-likeness (QED) is 0.726. The van der Waals surface area contributed by atoms with Crippen molar-refractivity contribution in [2.45, 2.75) is 58.8 Å². The van der Waals surface area contributed by atoms with Gasteiger partial charge in [0.15, 0.2) is 0 Å². The molecule has 0 aromatic carbocycles. The molecule has 1 aliphatic carbocycles. The van der Waals surface area contributed by atoms with Gasteiger partial charge >= 0.3 is 0 Å². The van der Waals surface area contributed by atoms with E-state index in [9.17, 15) is 0 Å². The molecular weight excluding hydrogens is 202 g/mol. The van der Waals surface area contributed by atoms with Crippen LogP contribution in [0.2, 0.25) is 0 Å². The first-order chi connectivity index (χ1) is 7.58. The smallest absolute Gasteiger partial charge is 0.0667 e. The summed E-state index contributed by atoms with van der Waals surface area (Å²) in [7, 11) is 1.76. The van der Waals surface area contributed by atoms with Gasteiger partial charge in [-0.3, -0.25) is 0 Å². The van der Waals surface area contributed by atoms with E-state index in [1.54, 1.807) is 7.11 Å². The van der Waals surface area contributed by atoms with Crippen LogP contribution >= 0.6 is 0 Å². The third-order valence-corrected chi connectivity index (χ3v) is 4.17. The second kappa shape index (κ2) is 5.99. The van der Waals surface area contributed by atoms with Crippen molar-refractivity contribution in [3.05, 3.63) is 0 Å². The SMILES string of the molecule is CCOC1CC(NCC(C)OC)C1(C)CC. The molecule has 16 heavy (non-hydrogen) atoms. The van der Waals surface area contributed by atoms with E-state index in [0.29, 0.717) is 17.6 Å². The van der Waals surface area contributed by atoms with Crippen LogP contribution in [0.25, 0.3) is 0 Å². The summed E-state index contributed by atoms with van der Waals surface area (Å²) in [5.74, 6) is 0. The average molecular weight is 229 g/mol. The fourth-order valence-corrected chi connectivity index (χ4v) is 2.46. The third-order valence-electron chi connectivity index (χ3n) is 4.17. The van der Waals surface area contributed by atoms with E-state index in [1.807, 2.05) is 0 Å². The van der Waals surface area contributed by atoms with E-state index in [0.717, 1.165) is 26.0 Å². The molecule has 0 saturated heterocycles. The average Bonchev–Trinajstić information content (AvgIpc) is 2.31. The van der Waals surface area contributed by atoms with Crippen molar-refractivity contribution in [3.8, 4) is 0 Å². The number of ether oxygens (including phenoxy) is 2. The maximum atomic E-state index is 5.78. The van der Waals surface area contributed by atoms with Gasteiger partial charge in [-0.1, -0.05) is 13.8 Å². The lowest BCUT2D eigenvalue weighted by Gasteiger charge is -2.54. The van der Waals surface area contributed by atoms with Crippen molar-refractivity contribution >= 4 is 0 Å². The first-order valence-corrected chi connectivity index (χ1v) is 6.46. The van der Waals surface area contributed by atoms with Gasteiger partial charge in [-0.15, -0.1) is 0 Å². The summed E-state index contributed by atoms with van der Waals surface area (Å²) < 4.78 is 11.0. The van der Waals surface area contributed by atoms with Gasteiger partial charge in [0.25, 0.3) is 0 Å². The molecule has 1 N–H and O–H groups in total. The summed E-state index contributed by atoms with van der Waals surface area (Å²) in [6, 6.07) is 0.576. The van der Waals surface area contributed by atoms with E-state index in [-0.39, 0.29) is 6.10 Å². The van der Waals surface area contributed by atoms with Gasteiger partial charge in [0.1, 0.15) is 0 Å². The molecule has 1 rings (SSSR count). The molecule has 0 bridgehead atoms. The number of nitrogens with one attached hydrogen (secondary N) is 1. The van der Waals surface area contributed by atoms with Crippen LogP contribution in [-0.4, -0.2) is 38.5 Å². The van der Waals surface area contributed by atoms with Gasteiger partial charge in [0.2, 0.25) is 0 Å². The maximum Gasteiger partial charge on any atom is 0.0667 e. The fraction of sp³-hybridized carbons (Fsp3) is 1.00. The first kappa shape index (κ1) is 13.9. The highest BCUT2D eigenvalue weighted by atomic mass is 16.5. The van der Waals surface area contributed by atoms with E-state index in [4.69, 9.17) is 9.47 Å². The largest absolute Gasteiger partial charge is 0.380 e. The van der Waals surface area contributed by atoms with Crippen molar-refractivity contribution in [2.24, 2.45) is 5.41 Å². The van der Waals surface area contributed by atoms with Gasteiger partial charge in [0, 0.05) is 31.7 Å². The van der Waals surface area contributed by atoms with E-state index in [1.165, 1.54) is 0 Å². The van der Waals surface area contributed by atoms with Crippen molar-refractivity contribution in [2.75, 3.05) is 20.3 Å². The Balaban J connectivity index is 2.39. The summed E-state index contributed by atoms with van der Waals surface area (Å²) in [5.41, 5.74) is 0.295. The number of rotatable bonds is 7. The standard InChI is InChI=1S/C13H27NO2/c1-6-13(4)11(8-12(13)16-7-2)14-9-10(3)15-5/h10-12,14H,6-9H2,1-5H3. The molecule has 4 unspecified atom stereocenters. The third kappa shape index (κ3) is 2.76. The molecule has 0 aliphatic heterocycles. The minimum absolute atomic E-state index is 0.284. The fourth-order valence-electron chi connectivity index (χ4n) is 2.46. The van der Waals surface area contributed by atoms with Crippen molar-refractivity contribution in [1.82, 2.24) is 5.32 Å². The van der Waals surface area contributed by atoms with Crippen molar-refractivity contribution in [3.63, 3.8) is 0 Å². The second-order valence-electron chi connectivity index (χ2n) is 5.05. The van der Waals surface area contributed by atoms with Crippen LogP contribution in [0.4, 0.5) is 0 Å². The van der Waals surface area contributed by atoms with Crippen LogP contribution in [0.5, 0.6) is 0 Å². The van der Waals surface area contributed by atoms with E-state index < -0.39 is 0 Å². The van der Waals surface area contributed by atoms with Crippen LogP contribution in [0.3, 0.4) is 0 Å². The predicted octanol–water partition coefficient (Wildman–Crippen LogP) is 2.20. The number of hydrogen-bond donors (Lipinski definition) is 1. The zero-order valence-corrected chi connectivity index (χ0v) is 11.4. The highest BCUT2D eigenvalue weighted by Crippen LogP contribution is 2.45. The first-order valence-electron chi connectivity index (χ1n) is 6.46. The second-order valence-corrected chi connectivity index (χ2v) is 5.05. The lowest BCUT2D eigenvalue weighted by Crippen LogP contribution is -2.62. The summed E-state index contributed by atoms with van der Waals surface area (Å²) in [6.45, 7) is 10.5. The van der Waals surface area contributed by atoms with E-state index >= 15 is 0 Å². The van der Waals surface area contributed by atoms with Crippen molar-refractivity contribution in [1.29, 1.82) is 0 Å². The summed E-state index contributed by atoms with van der Waals surface area (Å²) in [6.07, 6.45) is 3.01. The Morgan fingerprint density at radius 3 is 2.62 bits per heavy atom. The highest BCUT2D eigenvalue weighted by Gasteiger charge is 2.50. The summed E-state index contributed by atoms with van der Waals surface area (Å²) in [4.78, 5) is 0. The molecule has 1 aliphatic rings. The Labute approximate surface area is 99.9 Å². The Morgan fingerprint density at radius 2 is 2.12 bits per heavy atom. The predicted molar refractivity (Wildman–Crippen MR) is 66.7 cm³/mol. The van der Waals surface area contributed by atoms with Gasteiger partial charge in [0.05, 0.1) is 12.2 Å². The molecule has 0 aromatic heterocycles. The zero-order valence-electron chi connectivity index (χ0n) is 11.4. The van der Waals surface area contributed by atoms with Crippen LogP contribution in [-0.2, 0) is 9.47 Å². The van der Waals surface area contributed by atoms with Gasteiger partial charge < -0.3 is 14.8 Å². The normalized spacial score (nSPS) is 35.8. The molecule has 1 saturated carbocycles. The Hall–Kier alpha value is -0.120. The molecule has 3 nitrogen and oxygen atoms in total. The van der Waals surface area contributed by atoms with Gasteiger partial charge in [-0.2, -0.15) is 0 Å². The lowest BCUT2D eigenvalue weighted by atomic mass is 9.61. The Bertz CT molecular complexity index is 210. The zero-order chi connectivity index (χ0) is 12.2. The van der Waals surface area contributed by atoms with Crippen LogP contribution in [0.15, 0.2) is 0 Å². The molecule has 96 valence electrons. The van der Waals surface area contributed by atoms with Crippen LogP contribution in [0, 0.1) is 5.41 Å². The minimum atomic E-state index is 0.284. The summed E-state index contributed by atoms with van der Waals surface area (Å²) in [5, 5.41) is 3.59. The molecule has 1 fully saturated rings. The molecule has 3 heteroatoms. The minimum Gasteiger partial charge on any atom is -0.380 e. The Morgan fingerprint density at radius 1 is 1.44 bits per heavy atom. The summed E-state index contributed by atoms with van der Waals surface area (Å²) >= 11 is 0. The van der Waals surface area contributed by atoms with E-state index in [2.05, 4.69) is 33.0 Å². The maximum absolute atomic E-state index is 5.78. The monoisotopic (exact) mass is 229 g/mol. The molecule has 0 amide bonds. The van der Waals surface area contributed by atoms with Crippen LogP contribution in [0.1, 0.15) is 40.5 Å². The molecular formula is C13H27NO2. The number of methoxy groups -OCH3 is 1. The molecule has 4 atom stereocenters.